The highest BCUT2D eigenvalue weighted by molar-refractivity contribution is 5.52. The molecule has 0 fully saturated rings. The topological polar surface area (TPSA) is 55.0 Å². The normalized spacial score (nSPS) is 18.0. The summed E-state index contributed by atoms with van der Waals surface area (Å²) < 4.78 is 0. The van der Waals surface area contributed by atoms with Crippen LogP contribution >= 0.6 is 0 Å². The zero-order valence-corrected chi connectivity index (χ0v) is 10.5. The molecule has 0 atom stereocenters. The Bertz CT molecular complexity index is 410. The molecule has 1 aromatic heterocycles. The Hall–Kier alpha value is -1.32. The van der Waals surface area contributed by atoms with Gasteiger partial charge in [0.1, 0.15) is 5.82 Å². The number of hydrogen-bond acceptors (Lipinski definition) is 4. The third-order valence-electron chi connectivity index (χ3n) is 3.29. The Morgan fingerprint density at radius 3 is 2.56 bits per heavy atom. The number of aromatic nitrogens is 2. The first-order valence-electron chi connectivity index (χ1n) is 5.76. The van der Waals surface area contributed by atoms with E-state index in [1.54, 1.807) is 0 Å². The molecule has 0 spiro atoms. The van der Waals surface area contributed by atoms with Crippen molar-refractivity contribution in [3.8, 4) is 0 Å². The zero-order chi connectivity index (χ0) is 11.9. The largest absolute Gasteiger partial charge is 0.383 e. The molecule has 0 saturated heterocycles. The van der Waals surface area contributed by atoms with Gasteiger partial charge in [-0.2, -0.15) is 4.98 Å². The van der Waals surface area contributed by atoms with Crippen molar-refractivity contribution in [1.82, 2.24) is 9.97 Å². The minimum absolute atomic E-state index is 0.114. The van der Waals surface area contributed by atoms with Gasteiger partial charge in [0, 0.05) is 19.7 Å². The predicted molar refractivity (Wildman–Crippen MR) is 66.7 cm³/mol. The molecule has 0 aromatic carbocycles. The lowest BCUT2D eigenvalue weighted by Gasteiger charge is -2.32. The van der Waals surface area contributed by atoms with Gasteiger partial charge in [0.2, 0.25) is 5.95 Å². The van der Waals surface area contributed by atoms with Crippen molar-refractivity contribution in [3.05, 3.63) is 11.3 Å². The van der Waals surface area contributed by atoms with Gasteiger partial charge in [-0.3, -0.25) is 0 Å². The van der Waals surface area contributed by atoms with Crippen LogP contribution in [-0.4, -0.2) is 24.1 Å². The monoisotopic (exact) mass is 220 g/mol. The van der Waals surface area contributed by atoms with Crippen LogP contribution in [0.2, 0.25) is 0 Å². The van der Waals surface area contributed by atoms with Crippen LogP contribution in [0.25, 0.3) is 0 Å². The lowest BCUT2D eigenvalue weighted by atomic mass is 9.74. The van der Waals surface area contributed by atoms with E-state index in [1.165, 1.54) is 6.42 Å². The summed E-state index contributed by atoms with van der Waals surface area (Å²) in [5, 5.41) is 0. The second kappa shape index (κ2) is 3.61. The van der Waals surface area contributed by atoms with Gasteiger partial charge >= 0.3 is 0 Å². The number of nitrogens with zero attached hydrogens (tertiary/aromatic N) is 3. The summed E-state index contributed by atoms with van der Waals surface area (Å²) in [5.41, 5.74) is 8.48. The summed E-state index contributed by atoms with van der Waals surface area (Å²) >= 11 is 0. The molecule has 0 aliphatic heterocycles. The first kappa shape index (κ1) is 11.2. The highest BCUT2D eigenvalue weighted by atomic mass is 15.2. The third-order valence-corrected chi connectivity index (χ3v) is 3.29. The Balaban J connectivity index is 2.57. The van der Waals surface area contributed by atoms with Crippen molar-refractivity contribution >= 4 is 11.8 Å². The number of anilines is 2. The van der Waals surface area contributed by atoms with Crippen molar-refractivity contribution in [2.45, 2.75) is 38.5 Å². The highest BCUT2D eigenvalue weighted by Gasteiger charge is 2.31. The van der Waals surface area contributed by atoms with E-state index >= 15 is 0 Å². The van der Waals surface area contributed by atoms with E-state index in [0.29, 0.717) is 11.8 Å². The Morgan fingerprint density at radius 2 is 1.94 bits per heavy atom. The Morgan fingerprint density at radius 1 is 1.25 bits per heavy atom. The second-order valence-electron chi connectivity index (χ2n) is 5.36. The number of nitrogen functional groups attached to an aromatic ring is 1. The minimum atomic E-state index is 0.114. The maximum Gasteiger partial charge on any atom is 0.227 e. The molecular weight excluding hydrogens is 200 g/mol. The molecule has 0 saturated carbocycles. The summed E-state index contributed by atoms with van der Waals surface area (Å²) in [6, 6.07) is 0. The van der Waals surface area contributed by atoms with Crippen molar-refractivity contribution < 1.29 is 0 Å². The van der Waals surface area contributed by atoms with Gasteiger partial charge in [0.05, 0.1) is 5.69 Å². The van der Waals surface area contributed by atoms with Crippen LogP contribution in [0, 0.1) is 0 Å². The number of rotatable bonds is 1. The molecule has 16 heavy (non-hydrogen) atoms. The van der Waals surface area contributed by atoms with Gasteiger partial charge < -0.3 is 10.6 Å². The van der Waals surface area contributed by atoms with Crippen molar-refractivity contribution in [1.29, 1.82) is 0 Å². The molecule has 4 nitrogen and oxygen atoms in total. The maximum atomic E-state index is 6.08. The average molecular weight is 220 g/mol. The van der Waals surface area contributed by atoms with Crippen LogP contribution in [0.3, 0.4) is 0 Å². The van der Waals surface area contributed by atoms with Gasteiger partial charge in [0.15, 0.2) is 0 Å². The van der Waals surface area contributed by atoms with E-state index < -0.39 is 0 Å². The quantitative estimate of drug-likeness (QED) is 0.783. The highest BCUT2D eigenvalue weighted by Crippen LogP contribution is 2.39. The summed E-state index contributed by atoms with van der Waals surface area (Å²) in [6.45, 7) is 4.44. The van der Waals surface area contributed by atoms with Gasteiger partial charge in [-0.25, -0.2) is 4.98 Å². The fourth-order valence-electron chi connectivity index (χ4n) is 2.45. The summed E-state index contributed by atoms with van der Waals surface area (Å²) in [7, 11) is 3.88. The molecule has 1 aliphatic rings. The Kier molecular flexibility index (Phi) is 2.52. The molecule has 2 N–H and O–H groups in total. The van der Waals surface area contributed by atoms with Crippen LogP contribution < -0.4 is 10.6 Å². The van der Waals surface area contributed by atoms with Crippen LogP contribution in [-0.2, 0) is 11.8 Å². The molecule has 2 rings (SSSR count). The molecule has 0 radical (unpaired) electrons. The predicted octanol–water partition coefficient (Wildman–Crippen LogP) is 1.74. The van der Waals surface area contributed by atoms with Crippen LogP contribution in [0.5, 0.6) is 0 Å². The average Bonchev–Trinajstić information content (AvgIpc) is 2.15. The van der Waals surface area contributed by atoms with Gasteiger partial charge in [-0.15, -0.1) is 0 Å². The first-order chi connectivity index (χ1) is 7.42. The third kappa shape index (κ3) is 1.72. The van der Waals surface area contributed by atoms with E-state index in [1.807, 2.05) is 19.0 Å². The zero-order valence-electron chi connectivity index (χ0n) is 10.5. The molecule has 0 amide bonds. The Labute approximate surface area is 96.9 Å². The molecular formula is C12H20N4. The van der Waals surface area contributed by atoms with Crippen LogP contribution in [0.1, 0.15) is 37.9 Å². The molecule has 0 unspecified atom stereocenters. The minimum Gasteiger partial charge on any atom is -0.383 e. The first-order valence-corrected chi connectivity index (χ1v) is 5.76. The van der Waals surface area contributed by atoms with E-state index in [-0.39, 0.29) is 5.41 Å². The maximum absolute atomic E-state index is 6.08. The molecule has 1 aliphatic carbocycles. The summed E-state index contributed by atoms with van der Waals surface area (Å²) in [6.07, 6.45) is 3.37. The van der Waals surface area contributed by atoms with E-state index in [2.05, 4.69) is 23.8 Å². The number of aryl methyl sites for hydroxylation is 1. The second-order valence-corrected chi connectivity index (χ2v) is 5.36. The molecule has 4 heteroatoms. The fourth-order valence-corrected chi connectivity index (χ4v) is 2.45. The summed E-state index contributed by atoms with van der Waals surface area (Å²) in [4.78, 5) is 10.9. The number of fused-ring (bicyclic) bond motifs is 1. The fraction of sp³-hybridized carbons (Fsp3) is 0.667. The smallest absolute Gasteiger partial charge is 0.227 e. The van der Waals surface area contributed by atoms with Crippen LogP contribution in [0.4, 0.5) is 11.8 Å². The standard InChI is InChI=1S/C12H20N4/c1-12(2)7-5-6-8-9(12)10(13)15-11(14-8)16(3)4/h5-7H2,1-4H3,(H2,13,14,15). The molecule has 1 heterocycles. The number of nitrogens with two attached hydrogens (primary N) is 1. The summed E-state index contributed by atoms with van der Waals surface area (Å²) in [5.74, 6) is 1.37. The van der Waals surface area contributed by atoms with Crippen molar-refractivity contribution in [2.24, 2.45) is 0 Å². The van der Waals surface area contributed by atoms with Crippen molar-refractivity contribution in [2.75, 3.05) is 24.7 Å². The van der Waals surface area contributed by atoms with Gasteiger partial charge in [-0.1, -0.05) is 13.8 Å². The van der Waals surface area contributed by atoms with E-state index in [0.717, 1.165) is 24.1 Å². The number of hydrogen-bond donors (Lipinski definition) is 1. The molecule has 88 valence electrons. The van der Waals surface area contributed by atoms with Crippen LogP contribution in [0.15, 0.2) is 0 Å². The molecule has 0 bridgehead atoms. The van der Waals surface area contributed by atoms with Gasteiger partial charge in [-0.05, 0) is 24.7 Å². The SMILES string of the molecule is CN(C)c1nc(N)c2c(n1)CCCC2(C)C. The molecule has 1 aromatic rings. The van der Waals surface area contributed by atoms with Crippen molar-refractivity contribution in [3.63, 3.8) is 0 Å². The lowest BCUT2D eigenvalue weighted by molar-refractivity contribution is 0.426. The van der Waals surface area contributed by atoms with E-state index in [4.69, 9.17) is 5.73 Å². The van der Waals surface area contributed by atoms with E-state index in [9.17, 15) is 0 Å². The lowest BCUT2D eigenvalue weighted by Crippen LogP contribution is -2.28. The van der Waals surface area contributed by atoms with Gasteiger partial charge in [0.25, 0.3) is 0 Å².